The molecule has 0 radical (unpaired) electrons. The van der Waals surface area contributed by atoms with E-state index in [1.165, 1.54) is 32.1 Å². The lowest BCUT2D eigenvalue weighted by Crippen LogP contribution is -2.32. The second kappa shape index (κ2) is 7.89. The fraction of sp³-hybridized carbons (Fsp3) is 0.625. The maximum Gasteiger partial charge on any atom is 0.165 e. The summed E-state index contributed by atoms with van der Waals surface area (Å²) in [6.07, 6.45) is 4.88. The molecular weight excluding hydrogens is 273 g/mol. The van der Waals surface area contributed by atoms with Crippen LogP contribution in [0.4, 0.5) is 4.39 Å². The minimum absolute atomic E-state index is 0.237. The van der Waals surface area contributed by atoms with Gasteiger partial charge in [-0.1, -0.05) is 19.4 Å². The van der Waals surface area contributed by atoms with Crippen molar-refractivity contribution >= 4 is 11.8 Å². The van der Waals surface area contributed by atoms with Gasteiger partial charge in [0.25, 0.3) is 0 Å². The van der Waals surface area contributed by atoms with E-state index >= 15 is 0 Å². The topological polar surface area (TPSA) is 21.3 Å². The molecule has 2 atom stereocenters. The van der Waals surface area contributed by atoms with Crippen LogP contribution in [0.3, 0.4) is 0 Å². The summed E-state index contributed by atoms with van der Waals surface area (Å²) in [7, 11) is 1.50. The molecule has 1 aromatic carbocycles. The van der Waals surface area contributed by atoms with Gasteiger partial charge in [0.1, 0.15) is 0 Å². The van der Waals surface area contributed by atoms with Gasteiger partial charge < -0.3 is 10.1 Å². The van der Waals surface area contributed by atoms with Crippen LogP contribution >= 0.6 is 11.8 Å². The molecule has 1 aliphatic heterocycles. The van der Waals surface area contributed by atoms with Crippen molar-refractivity contribution in [3.05, 3.63) is 29.6 Å². The number of hydrogen-bond donors (Lipinski definition) is 1. The van der Waals surface area contributed by atoms with Gasteiger partial charge in [0.05, 0.1) is 7.11 Å². The molecule has 1 aromatic rings. The summed E-state index contributed by atoms with van der Waals surface area (Å²) in [5, 5.41) is 4.14. The van der Waals surface area contributed by atoms with Crippen LogP contribution < -0.4 is 10.1 Å². The van der Waals surface area contributed by atoms with Gasteiger partial charge in [-0.3, -0.25) is 0 Å². The van der Waals surface area contributed by atoms with Crippen molar-refractivity contribution in [2.24, 2.45) is 0 Å². The van der Waals surface area contributed by atoms with Crippen molar-refractivity contribution in [2.75, 3.05) is 19.4 Å². The molecule has 112 valence electrons. The average molecular weight is 297 g/mol. The number of benzene rings is 1. The summed E-state index contributed by atoms with van der Waals surface area (Å²) < 4.78 is 18.9. The van der Waals surface area contributed by atoms with E-state index in [1.54, 1.807) is 12.1 Å². The van der Waals surface area contributed by atoms with Crippen molar-refractivity contribution in [3.63, 3.8) is 0 Å². The second-order valence-electron chi connectivity index (χ2n) is 5.23. The number of methoxy groups -OCH3 is 1. The Kier molecular flexibility index (Phi) is 6.17. The summed E-state index contributed by atoms with van der Waals surface area (Å²) in [5.74, 6) is 1.27. The van der Waals surface area contributed by atoms with Gasteiger partial charge in [0.2, 0.25) is 0 Å². The van der Waals surface area contributed by atoms with Gasteiger partial charge in [-0.05, 0) is 49.3 Å². The zero-order valence-corrected chi connectivity index (χ0v) is 13.1. The highest BCUT2D eigenvalue weighted by Gasteiger charge is 2.25. The number of ether oxygens (including phenoxy) is 1. The normalized spacial score (nSPS) is 20.6. The van der Waals surface area contributed by atoms with E-state index in [2.05, 4.69) is 12.2 Å². The predicted molar refractivity (Wildman–Crippen MR) is 84.1 cm³/mol. The summed E-state index contributed by atoms with van der Waals surface area (Å²) in [5.41, 5.74) is 1.04. The molecule has 1 fully saturated rings. The Labute approximate surface area is 125 Å². The molecule has 1 heterocycles. The first-order valence-electron chi connectivity index (χ1n) is 7.44. The summed E-state index contributed by atoms with van der Waals surface area (Å²) >= 11 is 2.02. The van der Waals surface area contributed by atoms with Crippen molar-refractivity contribution in [2.45, 2.75) is 43.9 Å². The van der Waals surface area contributed by atoms with E-state index in [4.69, 9.17) is 4.74 Å². The third-order valence-electron chi connectivity index (χ3n) is 3.74. The molecule has 2 nitrogen and oxygen atoms in total. The fourth-order valence-corrected chi connectivity index (χ4v) is 4.12. The first kappa shape index (κ1) is 15.6. The van der Waals surface area contributed by atoms with Crippen molar-refractivity contribution in [1.82, 2.24) is 5.32 Å². The van der Waals surface area contributed by atoms with Crippen LogP contribution in [0.1, 0.15) is 44.2 Å². The van der Waals surface area contributed by atoms with Crippen LogP contribution in [0.25, 0.3) is 0 Å². The van der Waals surface area contributed by atoms with Gasteiger partial charge in [0, 0.05) is 11.3 Å². The number of rotatable bonds is 6. The van der Waals surface area contributed by atoms with E-state index in [1.807, 2.05) is 17.8 Å². The molecule has 1 saturated heterocycles. The van der Waals surface area contributed by atoms with Crippen LogP contribution in [0.15, 0.2) is 18.2 Å². The maximum atomic E-state index is 13.9. The lowest BCUT2D eigenvalue weighted by Gasteiger charge is -2.31. The standard InChI is InChI=1S/C16H24FNOS/c1-3-9-18-16(15-6-4-5-10-20-15)12-7-8-14(19-2)13(17)11-12/h7-8,11,15-16,18H,3-6,9-10H2,1-2H3. The van der Waals surface area contributed by atoms with Crippen molar-refractivity contribution in [3.8, 4) is 5.75 Å². The first-order valence-corrected chi connectivity index (χ1v) is 8.49. The number of nitrogens with one attached hydrogen (secondary N) is 1. The molecular formula is C16H24FNOS. The van der Waals surface area contributed by atoms with Gasteiger partial charge >= 0.3 is 0 Å². The molecule has 1 aliphatic rings. The minimum Gasteiger partial charge on any atom is -0.494 e. The maximum absolute atomic E-state index is 13.9. The van der Waals surface area contributed by atoms with Crippen LogP contribution in [0.5, 0.6) is 5.75 Å². The third kappa shape index (κ3) is 3.89. The number of thioether (sulfide) groups is 1. The fourth-order valence-electron chi connectivity index (χ4n) is 2.67. The second-order valence-corrected chi connectivity index (χ2v) is 6.58. The Morgan fingerprint density at radius 3 is 2.90 bits per heavy atom. The Morgan fingerprint density at radius 1 is 1.45 bits per heavy atom. The van der Waals surface area contributed by atoms with Crippen LogP contribution in [-0.2, 0) is 0 Å². The van der Waals surface area contributed by atoms with Gasteiger partial charge in [-0.2, -0.15) is 11.8 Å². The number of halogens is 1. The van der Waals surface area contributed by atoms with Crippen molar-refractivity contribution in [1.29, 1.82) is 0 Å². The van der Waals surface area contributed by atoms with Gasteiger partial charge in [-0.25, -0.2) is 4.39 Å². The highest BCUT2D eigenvalue weighted by Crippen LogP contribution is 2.35. The molecule has 0 aromatic heterocycles. The van der Waals surface area contributed by atoms with E-state index < -0.39 is 0 Å². The van der Waals surface area contributed by atoms with Crippen LogP contribution in [0, 0.1) is 5.82 Å². The molecule has 4 heteroatoms. The average Bonchev–Trinajstić information content (AvgIpc) is 2.49. The molecule has 20 heavy (non-hydrogen) atoms. The monoisotopic (exact) mass is 297 g/mol. The highest BCUT2D eigenvalue weighted by atomic mass is 32.2. The van der Waals surface area contributed by atoms with Gasteiger partial charge in [0.15, 0.2) is 11.6 Å². The molecule has 0 saturated carbocycles. The zero-order chi connectivity index (χ0) is 14.4. The first-order chi connectivity index (χ1) is 9.76. The predicted octanol–water partition coefficient (Wildman–Crippen LogP) is 4.16. The Morgan fingerprint density at radius 2 is 2.30 bits per heavy atom. The summed E-state index contributed by atoms with van der Waals surface area (Å²) in [6, 6.07) is 5.59. The molecule has 0 amide bonds. The smallest absolute Gasteiger partial charge is 0.165 e. The zero-order valence-electron chi connectivity index (χ0n) is 12.3. The van der Waals surface area contributed by atoms with Crippen molar-refractivity contribution < 1.29 is 9.13 Å². The highest BCUT2D eigenvalue weighted by molar-refractivity contribution is 8.00. The summed E-state index contributed by atoms with van der Waals surface area (Å²) in [4.78, 5) is 0. The molecule has 0 aliphatic carbocycles. The molecule has 2 unspecified atom stereocenters. The van der Waals surface area contributed by atoms with E-state index in [-0.39, 0.29) is 11.9 Å². The van der Waals surface area contributed by atoms with E-state index in [0.29, 0.717) is 11.0 Å². The largest absolute Gasteiger partial charge is 0.494 e. The summed E-state index contributed by atoms with van der Waals surface area (Å²) in [6.45, 7) is 3.13. The van der Waals surface area contributed by atoms with Crippen LogP contribution in [-0.4, -0.2) is 24.7 Å². The SMILES string of the molecule is CCCNC(c1ccc(OC)c(F)c1)C1CCCCS1. The molecule has 0 bridgehead atoms. The lowest BCUT2D eigenvalue weighted by molar-refractivity contribution is 0.385. The molecule has 2 rings (SSSR count). The van der Waals surface area contributed by atoms with E-state index in [0.717, 1.165) is 18.5 Å². The Hall–Kier alpha value is -0.740. The quantitative estimate of drug-likeness (QED) is 0.852. The Balaban J connectivity index is 2.18. The van der Waals surface area contributed by atoms with E-state index in [9.17, 15) is 4.39 Å². The van der Waals surface area contributed by atoms with Gasteiger partial charge in [-0.15, -0.1) is 0 Å². The molecule has 0 spiro atoms. The lowest BCUT2D eigenvalue weighted by atomic mass is 9.99. The Bertz CT molecular complexity index is 421. The molecule has 1 N–H and O–H groups in total. The number of hydrogen-bond acceptors (Lipinski definition) is 3. The minimum atomic E-state index is -0.269. The van der Waals surface area contributed by atoms with Crippen LogP contribution in [0.2, 0.25) is 0 Å². The third-order valence-corrected chi connectivity index (χ3v) is 5.20.